The van der Waals surface area contributed by atoms with Gasteiger partial charge in [0.1, 0.15) is 5.78 Å². The summed E-state index contributed by atoms with van der Waals surface area (Å²) in [6.07, 6.45) is 9.31. The topological polar surface area (TPSA) is 69.7 Å². The van der Waals surface area contributed by atoms with E-state index in [1.54, 1.807) is 13.8 Å². The first-order valence-electron chi connectivity index (χ1n) is 10.5. The number of ether oxygens (including phenoxy) is 2. The molecule has 1 unspecified atom stereocenters. The van der Waals surface area contributed by atoms with E-state index in [-0.39, 0.29) is 19.0 Å². The molecule has 0 N–H and O–H groups in total. The molecular formula is C22H38O5. The Morgan fingerprint density at radius 3 is 1.78 bits per heavy atom. The van der Waals surface area contributed by atoms with Crippen molar-refractivity contribution >= 4 is 17.7 Å². The van der Waals surface area contributed by atoms with Crippen molar-refractivity contribution in [2.45, 2.75) is 86.0 Å². The highest BCUT2D eigenvalue weighted by Gasteiger charge is 2.38. The number of unbranched alkanes of at least 4 members (excludes halogenated alkanes) is 5. The Morgan fingerprint density at radius 2 is 1.33 bits per heavy atom. The van der Waals surface area contributed by atoms with E-state index in [9.17, 15) is 14.4 Å². The van der Waals surface area contributed by atoms with Crippen LogP contribution in [0.3, 0.4) is 0 Å². The lowest BCUT2D eigenvalue weighted by Gasteiger charge is -2.24. The summed E-state index contributed by atoms with van der Waals surface area (Å²) < 4.78 is 10.3. The summed E-state index contributed by atoms with van der Waals surface area (Å²) in [5, 5.41) is 0. The number of ketones is 1. The zero-order chi connectivity index (χ0) is 20.7. The van der Waals surface area contributed by atoms with Crippen molar-refractivity contribution in [2.75, 3.05) is 13.2 Å². The summed E-state index contributed by atoms with van der Waals surface area (Å²) in [5.41, 5.74) is 0.562. The Balaban J connectivity index is 5.83. The molecular weight excluding hydrogens is 344 g/mol. The van der Waals surface area contributed by atoms with Gasteiger partial charge >= 0.3 is 11.9 Å². The maximum Gasteiger partial charge on any atom is 0.324 e. The van der Waals surface area contributed by atoms with E-state index in [0.29, 0.717) is 12.0 Å². The van der Waals surface area contributed by atoms with Gasteiger partial charge in [0.25, 0.3) is 0 Å². The standard InChI is InChI=1S/C22H38O5/c1-6-10-12-14-16-19(18(17(5)23)15-13-11-7-2)20(21(24)26-8-3)22(25)27-9-4/h16,18,20H,6-15H2,1-5H3/b19-16+. The number of Topliss-reactive ketones (excluding diaryl/α,β-unsaturated/α-hetero) is 1. The first-order valence-corrected chi connectivity index (χ1v) is 10.5. The average molecular weight is 383 g/mol. The van der Waals surface area contributed by atoms with Crippen LogP contribution in [0.5, 0.6) is 0 Å². The molecule has 5 heteroatoms. The number of carbonyl (C=O) groups is 3. The van der Waals surface area contributed by atoms with Gasteiger partial charge < -0.3 is 9.47 Å². The molecule has 0 amide bonds. The van der Waals surface area contributed by atoms with E-state index >= 15 is 0 Å². The van der Waals surface area contributed by atoms with Gasteiger partial charge in [0.15, 0.2) is 5.92 Å². The van der Waals surface area contributed by atoms with Gasteiger partial charge in [-0.3, -0.25) is 14.4 Å². The van der Waals surface area contributed by atoms with E-state index in [0.717, 1.165) is 44.9 Å². The Morgan fingerprint density at radius 1 is 0.815 bits per heavy atom. The molecule has 0 aromatic carbocycles. The monoisotopic (exact) mass is 382 g/mol. The zero-order valence-electron chi connectivity index (χ0n) is 17.8. The van der Waals surface area contributed by atoms with Crippen molar-refractivity contribution in [1.82, 2.24) is 0 Å². The molecule has 0 heterocycles. The van der Waals surface area contributed by atoms with E-state index in [2.05, 4.69) is 13.8 Å². The van der Waals surface area contributed by atoms with Crippen molar-refractivity contribution in [3.63, 3.8) is 0 Å². The summed E-state index contributed by atoms with van der Waals surface area (Å²) in [6, 6.07) is 0. The summed E-state index contributed by atoms with van der Waals surface area (Å²) >= 11 is 0. The maximum atomic E-state index is 12.6. The molecule has 0 spiro atoms. The Kier molecular flexibility index (Phi) is 14.5. The molecule has 0 aromatic rings. The number of allylic oxidation sites excluding steroid dienone is 1. The fourth-order valence-corrected chi connectivity index (χ4v) is 3.15. The number of carbonyl (C=O) groups excluding carboxylic acids is 3. The van der Waals surface area contributed by atoms with Crippen LogP contribution in [0.25, 0.3) is 0 Å². The molecule has 0 aliphatic carbocycles. The molecule has 5 nitrogen and oxygen atoms in total. The molecule has 0 aliphatic rings. The van der Waals surface area contributed by atoms with Gasteiger partial charge in [-0.15, -0.1) is 0 Å². The van der Waals surface area contributed by atoms with Crippen LogP contribution < -0.4 is 0 Å². The Hall–Kier alpha value is -1.65. The highest BCUT2D eigenvalue weighted by molar-refractivity contribution is 6.00. The van der Waals surface area contributed by atoms with Crippen LogP contribution in [0.2, 0.25) is 0 Å². The number of hydrogen-bond acceptors (Lipinski definition) is 5. The summed E-state index contributed by atoms with van der Waals surface area (Å²) in [5.74, 6) is -2.87. The molecule has 0 radical (unpaired) electrons. The van der Waals surface area contributed by atoms with E-state index < -0.39 is 23.8 Å². The zero-order valence-corrected chi connectivity index (χ0v) is 17.8. The molecule has 27 heavy (non-hydrogen) atoms. The molecule has 0 saturated heterocycles. The smallest absolute Gasteiger partial charge is 0.324 e. The van der Waals surface area contributed by atoms with Crippen LogP contribution in [-0.2, 0) is 23.9 Å². The highest BCUT2D eigenvalue weighted by Crippen LogP contribution is 2.30. The lowest BCUT2D eigenvalue weighted by Crippen LogP contribution is -2.34. The van der Waals surface area contributed by atoms with Crippen molar-refractivity contribution in [3.8, 4) is 0 Å². The molecule has 0 aliphatic heterocycles. The molecule has 1 atom stereocenters. The first-order chi connectivity index (χ1) is 12.9. The van der Waals surface area contributed by atoms with E-state index in [1.165, 1.54) is 6.92 Å². The second-order valence-corrected chi connectivity index (χ2v) is 6.80. The lowest BCUT2D eigenvalue weighted by molar-refractivity contribution is -0.159. The summed E-state index contributed by atoms with van der Waals surface area (Å²) in [7, 11) is 0. The van der Waals surface area contributed by atoms with Gasteiger partial charge in [-0.05, 0) is 45.6 Å². The van der Waals surface area contributed by atoms with Crippen molar-refractivity contribution in [1.29, 1.82) is 0 Å². The van der Waals surface area contributed by atoms with Gasteiger partial charge in [0.05, 0.1) is 13.2 Å². The summed E-state index contributed by atoms with van der Waals surface area (Å²) in [6.45, 7) is 9.52. The SMILES string of the molecule is CCCCC/C=C(\C(CCCCC)C(C)=O)C(C(=O)OCC)C(=O)OCC. The Bertz CT molecular complexity index is 463. The predicted molar refractivity (Wildman–Crippen MR) is 107 cm³/mol. The van der Waals surface area contributed by atoms with Crippen LogP contribution in [0.15, 0.2) is 11.6 Å². The minimum Gasteiger partial charge on any atom is -0.465 e. The van der Waals surface area contributed by atoms with Gasteiger partial charge in [-0.1, -0.05) is 52.0 Å². The second kappa shape index (κ2) is 15.4. The van der Waals surface area contributed by atoms with E-state index in [1.807, 2.05) is 6.08 Å². The van der Waals surface area contributed by atoms with Crippen LogP contribution in [-0.4, -0.2) is 30.9 Å². The maximum absolute atomic E-state index is 12.6. The summed E-state index contributed by atoms with van der Waals surface area (Å²) in [4.78, 5) is 37.5. The highest BCUT2D eigenvalue weighted by atomic mass is 16.6. The lowest BCUT2D eigenvalue weighted by atomic mass is 9.81. The fraction of sp³-hybridized carbons (Fsp3) is 0.773. The number of rotatable bonds is 15. The average Bonchev–Trinajstić information content (AvgIpc) is 2.61. The third-order valence-corrected chi connectivity index (χ3v) is 4.56. The van der Waals surface area contributed by atoms with E-state index in [4.69, 9.17) is 9.47 Å². The van der Waals surface area contributed by atoms with Crippen LogP contribution in [0, 0.1) is 11.8 Å². The van der Waals surface area contributed by atoms with Crippen LogP contribution >= 0.6 is 0 Å². The third-order valence-electron chi connectivity index (χ3n) is 4.56. The molecule has 0 saturated carbocycles. The largest absolute Gasteiger partial charge is 0.465 e. The predicted octanol–water partition coefficient (Wildman–Crippen LogP) is 5.02. The Labute approximate surface area is 164 Å². The molecule has 156 valence electrons. The van der Waals surface area contributed by atoms with Crippen LogP contribution in [0.4, 0.5) is 0 Å². The fourth-order valence-electron chi connectivity index (χ4n) is 3.15. The van der Waals surface area contributed by atoms with Gasteiger partial charge in [0, 0.05) is 5.92 Å². The van der Waals surface area contributed by atoms with Gasteiger partial charge in [-0.2, -0.15) is 0 Å². The normalized spacial score (nSPS) is 12.7. The second-order valence-electron chi connectivity index (χ2n) is 6.80. The third kappa shape index (κ3) is 9.73. The molecule has 0 bridgehead atoms. The molecule has 0 fully saturated rings. The first kappa shape index (κ1) is 25.4. The molecule has 0 rings (SSSR count). The van der Waals surface area contributed by atoms with Gasteiger partial charge in [-0.25, -0.2) is 0 Å². The van der Waals surface area contributed by atoms with Crippen molar-refractivity contribution < 1.29 is 23.9 Å². The quantitative estimate of drug-likeness (QED) is 0.172. The van der Waals surface area contributed by atoms with Gasteiger partial charge in [0.2, 0.25) is 0 Å². The minimum absolute atomic E-state index is 0.0218. The van der Waals surface area contributed by atoms with Crippen molar-refractivity contribution in [2.24, 2.45) is 11.8 Å². The number of esters is 2. The number of hydrogen-bond donors (Lipinski definition) is 0. The minimum atomic E-state index is -1.15. The van der Waals surface area contributed by atoms with Crippen LogP contribution in [0.1, 0.15) is 86.0 Å². The van der Waals surface area contributed by atoms with Crippen molar-refractivity contribution in [3.05, 3.63) is 11.6 Å². The molecule has 0 aromatic heterocycles.